The van der Waals surface area contributed by atoms with E-state index in [-0.39, 0.29) is 6.10 Å². The molecule has 1 aliphatic rings. The van der Waals surface area contributed by atoms with Gasteiger partial charge >= 0.3 is 0 Å². The van der Waals surface area contributed by atoms with E-state index in [4.69, 9.17) is 0 Å². The molecule has 0 unspecified atom stereocenters. The zero-order valence-corrected chi connectivity index (χ0v) is 10.0. The zero-order chi connectivity index (χ0) is 10.7. The molecule has 1 fully saturated rings. The van der Waals surface area contributed by atoms with Crippen LogP contribution in [0.3, 0.4) is 0 Å². The molecule has 0 saturated heterocycles. The van der Waals surface area contributed by atoms with Gasteiger partial charge in [0.15, 0.2) is 0 Å². The van der Waals surface area contributed by atoms with Crippen molar-refractivity contribution in [3.8, 4) is 0 Å². The first-order chi connectivity index (χ1) is 7.25. The molecule has 2 nitrogen and oxygen atoms in total. The lowest BCUT2D eigenvalue weighted by atomic mass is 9.87. The summed E-state index contributed by atoms with van der Waals surface area (Å²) in [4.78, 5) is 0. The highest BCUT2D eigenvalue weighted by Crippen LogP contribution is 2.27. The maximum Gasteiger partial charge on any atom is 0.0912 e. The molecule has 0 aromatic carbocycles. The van der Waals surface area contributed by atoms with Crippen LogP contribution in [0.15, 0.2) is 11.4 Å². The number of nitrogens with one attached hydrogen (secondary N) is 1. The molecular weight excluding hydrogens is 206 g/mol. The summed E-state index contributed by atoms with van der Waals surface area (Å²) in [5, 5.41) is 16.4. The van der Waals surface area contributed by atoms with Gasteiger partial charge in [0.25, 0.3) is 0 Å². The normalized spacial score (nSPS) is 26.5. The Morgan fingerprint density at radius 2 is 2.13 bits per heavy atom. The Balaban J connectivity index is 1.77. The Kier molecular flexibility index (Phi) is 3.65. The van der Waals surface area contributed by atoms with Crippen LogP contribution >= 0.6 is 11.3 Å². The molecule has 0 bridgehead atoms. The Morgan fingerprint density at radius 1 is 1.40 bits per heavy atom. The molecule has 2 rings (SSSR count). The minimum Gasteiger partial charge on any atom is -0.393 e. The summed E-state index contributed by atoms with van der Waals surface area (Å²) in [6, 6.07) is 2.15. The van der Waals surface area contributed by atoms with Crippen molar-refractivity contribution in [1.29, 1.82) is 0 Å². The van der Waals surface area contributed by atoms with E-state index in [1.54, 1.807) is 11.3 Å². The van der Waals surface area contributed by atoms with Crippen LogP contribution in [0.25, 0.3) is 0 Å². The van der Waals surface area contributed by atoms with E-state index in [1.807, 2.05) is 0 Å². The molecule has 0 amide bonds. The van der Waals surface area contributed by atoms with Crippen LogP contribution in [0.1, 0.15) is 31.2 Å². The third-order valence-corrected chi connectivity index (χ3v) is 4.20. The molecule has 2 N–H and O–H groups in total. The molecule has 15 heavy (non-hydrogen) atoms. The van der Waals surface area contributed by atoms with Crippen molar-refractivity contribution in [3.05, 3.63) is 17.0 Å². The number of thiophene rings is 1. The second-order valence-corrected chi connectivity index (χ2v) is 5.40. The highest BCUT2D eigenvalue weighted by atomic mass is 32.1. The van der Waals surface area contributed by atoms with Crippen molar-refractivity contribution >= 4 is 16.3 Å². The minimum atomic E-state index is -0.0373. The SMILES string of the molecule is Cc1ccsc1NCC1CCC(O)CC1. The van der Waals surface area contributed by atoms with Gasteiger partial charge in [0.2, 0.25) is 0 Å². The van der Waals surface area contributed by atoms with Crippen LogP contribution in [0.4, 0.5) is 5.00 Å². The van der Waals surface area contributed by atoms with Gasteiger partial charge in [-0.3, -0.25) is 0 Å². The minimum absolute atomic E-state index is 0.0373. The van der Waals surface area contributed by atoms with Crippen molar-refractivity contribution in [2.24, 2.45) is 5.92 Å². The topological polar surface area (TPSA) is 32.3 Å². The van der Waals surface area contributed by atoms with E-state index >= 15 is 0 Å². The van der Waals surface area contributed by atoms with Gasteiger partial charge in [-0.25, -0.2) is 0 Å². The summed E-state index contributed by atoms with van der Waals surface area (Å²) >= 11 is 1.78. The van der Waals surface area contributed by atoms with E-state index < -0.39 is 0 Å². The number of anilines is 1. The average molecular weight is 225 g/mol. The monoisotopic (exact) mass is 225 g/mol. The molecule has 0 spiro atoms. The van der Waals surface area contributed by atoms with Gasteiger partial charge in [0.1, 0.15) is 0 Å². The number of aliphatic hydroxyl groups is 1. The van der Waals surface area contributed by atoms with Crippen LogP contribution in [-0.2, 0) is 0 Å². The molecule has 1 aromatic rings. The fourth-order valence-corrected chi connectivity index (χ4v) is 2.97. The Morgan fingerprint density at radius 3 is 2.73 bits per heavy atom. The van der Waals surface area contributed by atoms with Crippen molar-refractivity contribution in [1.82, 2.24) is 0 Å². The second-order valence-electron chi connectivity index (χ2n) is 4.49. The Hall–Kier alpha value is -0.540. The smallest absolute Gasteiger partial charge is 0.0912 e. The summed E-state index contributed by atoms with van der Waals surface area (Å²) in [5.41, 5.74) is 1.34. The van der Waals surface area contributed by atoms with Crippen LogP contribution in [0.2, 0.25) is 0 Å². The molecule has 0 aliphatic heterocycles. The molecule has 1 aliphatic carbocycles. The molecular formula is C12H19NOS. The lowest BCUT2D eigenvalue weighted by Crippen LogP contribution is -2.23. The molecule has 0 atom stereocenters. The van der Waals surface area contributed by atoms with Crippen molar-refractivity contribution in [3.63, 3.8) is 0 Å². The Bertz CT molecular complexity index is 302. The quantitative estimate of drug-likeness (QED) is 0.828. The van der Waals surface area contributed by atoms with Crippen LogP contribution < -0.4 is 5.32 Å². The van der Waals surface area contributed by atoms with Gasteiger partial charge in [0.05, 0.1) is 11.1 Å². The highest BCUT2D eigenvalue weighted by Gasteiger charge is 2.19. The second kappa shape index (κ2) is 4.99. The molecule has 1 heterocycles. The van der Waals surface area contributed by atoms with E-state index in [0.29, 0.717) is 0 Å². The third-order valence-electron chi connectivity index (χ3n) is 3.23. The number of hydrogen-bond donors (Lipinski definition) is 2. The average Bonchev–Trinajstić information content (AvgIpc) is 2.63. The summed E-state index contributed by atoms with van der Waals surface area (Å²) in [5.74, 6) is 0.745. The third kappa shape index (κ3) is 2.95. The Labute approximate surface area is 95.3 Å². The maximum absolute atomic E-state index is 9.40. The first-order valence-electron chi connectivity index (χ1n) is 5.71. The number of aryl methyl sites for hydroxylation is 1. The molecule has 1 aromatic heterocycles. The van der Waals surface area contributed by atoms with Crippen LogP contribution in [0, 0.1) is 12.8 Å². The van der Waals surface area contributed by atoms with Crippen molar-refractivity contribution in [2.45, 2.75) is 38.7 Å². The van der Waals surface area contributed by atoms with Crippen LogP contribution in [-0.4, -0.2) is 17.8 Å². The van der Waals surface area contributed by atoms with Gasteiger partial charge in [-0.15, -0.1) is 11.3 Å². The van der Waals surface area contributed by atoms with Gasteiger partial charge in [-0.1, -0.05) is 0 Å². The summed E-state index contributed by atoms with van der Waals surface area (Å²) in [6.07, 6.45) is 4.26. The number of hydrogen-bond acceptors (Lipinski definition) is 3. The first-order valence-corrected chi connectivity index (χ1v) is 6.59. The largest absolute Gasteiger partial charge is 0.393 e. The highest BCUT2D eigenvalue weighted by molar-refractivity contribution is 7.14. The van der Waals surface area contributed by atoms with Crippen LogP contribution in [0.5, 0.6) is 0 Å². The number of rotatable bonds is 3. The lowest BCUT2D eigenvalue weighted by Gasteiger charge is -2.25. The van der Waals surface area contributed by atoms with E-state index in [2.05, 4.69) is 23.7 Å². The molecule has 3 heteroatoms. The molecule has 84 valence electrons. The molecule has 1 saturated carbocycles. The van der Waals surface area contributed by atoms with Gasteiger partial charge < -0.3 is 10.4 Å². The zero-order valence-electron chi connectivity index (χ0n) is 9.20. The van der Waals surface area contributed by atoms with E-state index in [9.17, 15) is 5.11 Å². The first kappa shape index (κ1) is 11.0. The predicted octanol–water partition coefficient (Wildman–Crippen LogP) is 3.02. The summed E-state index contributed by atoms with van der Waals surface area (Å²) < 4.78 is 0. The summed E-state index contributed by atoms with van der Waals surface area (Å²) in [7, 11) is 0. The van der Waals surface area contributed by atoms with Gasteiger partial charge in [-0.05, 0) is 55.5 Å². The van der Waals surface area contributed by atoms with Crippen molar-refractivity contribution < 1.29 is 5.11 Å². The van der Waals surface area contributed by atoms with Gasteiger partial charge in [-0.2, -0.15) is 0 Å². The lowest BCUT2D eigenvalue weighted by molar-refractivity contribution is 0.111. The fraction of sp³-hybridized carbons (Fsp3) is 0.667. The molecule has 0 radical (unpaired) electrons. The van der Waals surface area contributed by atoms with E-state index in [1.165, 1.54) is 23.4 Å². The van der Waals surface area contributed by atoms with E-state index in [0.717, 1.165) is 25.3 Å². The standard InChI is InChI=1S/C12H19NOS/c1-9-6-7-15-12(9)13-8-10-2-4-11(14)5-3-10/h6-7,10-11,13-14H,2-5,8H2,1H3. The van der Waals surface area contributed by atoms with Gasteiger partial charge in [0, 0.05) is 6.54 Å². The number of aliphatic hydroxyl groups excluding tert-OH is 1. The fourth-order valence-electron chi connectivity index (χ4n) is 2.14. The predicted molar refractivity (Wildman–Crippen MR) is 65.5 cm³/mol. The summed E-state index contributed by atoms with van der Waals surface area (Å²) in [6.45, 7) is 3.21. The maximum atomic E-state index is 9.40. The van der Waals surface area contributed by atoms with Crippen molar-refractivity contribution in [2.75, 3.05) is 11.9 Å².